The number of para-hydroxylation sites is 1. The molecular weight excluding hydrogens is 380 g/mol. The van der Waals surface area contributed by atoms with E-state index in [9.17, 15) is 9.59 Å². The lowest BCUT2D eigenvalue weighted by Crippen LogP contribution is -2.28. The van der Waals surface area contributed by atoms with Crippen molar-refractivity contribution >= 4 is 17.5 Å². The maximum atomic E-state index is 12.8. The molecule has 0 aliphatic carbocycles. The summed E-state index contributed by atoms with van der Waals surface area (Å²) in [5.41, 5.74) is 3.24. The van der Waals surface area contributed by atoms with Crippen LogP contribution in [0.4, 0.5) is 5.69 Å². The third kappa shape index (κ3) is 4.10. The summed E-state index contributed by atoms with van der Waals surface area (Å²) >= 11 is 0. The Bertz CT molecular complexity index is 1060. The van der Waals surface area contributed by atoms with E-state index in [1.807, 2.05) is 56.3 Å². The minimum atomic E-state index is -0.358. The second-order valence-corrected chi connectivity index (χ2v) is 7.56. The SMILES string of the molecule is CCCN1C[C@H](C(=O)Nc2ccccc2-c2nc(-c3ccc(C)cc3)no2)CC1=O. The van der Waals surface area contributed by atoms with Crippen LogP contribution in [0.25, 0.3) is 22.8 Å². The summed E-state index contributed by atoms with van der Waals surface area (Å²) in [4.78, 5) is 31.1. The zero-order valence-electron chi connectivity index (χ0n) is 17.1. The molecule has 0 bridgehead atoms. The molecule has 30 heavy (non-hydrogen) atoms. The molecule has 0 spiro atoms. The molecule has 154 valence electrons. The molecule has 4 rings (SSSR count). The van der Waals surface area contributed by atoms with Crippen LogP contribution in [-0.2, 0) is 9.59 Å². The highest BCUT2D eigenvalue weighted by Crippen LogP contribution is 2.29. The molecule has 7 heteroatoms. The average Bonchev–Trinajstić information content (AvgIpc) is 3.37. The van der Waals surface area contributed by atoms with Gasteiger partial charge in [0.2, 0.25) is 17.6 Å². The van der Waals surface area contributed by atoms with Gasteiger partial charge in [0.15, 0.2) is 0 Å². The van der Waals surface area contributed by atoms with Gasteiger partial charge in [-0.25, -0.2) is 0 Å². The normalized spacial score (nSPS) is 16.1. The third-order valence-corrected chi connectivity index (χ3v) is 5.23. The molecule has 1 saturated heterocycles. The van der Waals surface area contributed by atoms with Crippen molar-refractivity contribution in [2.75, 3.05) is 18.4 Å². The minimum Gasteiger partial charge on any atom is -0.342 e. The summed E-state index contributed by atoms with van der Waals surface area (Å²) in [6.07, 6.45) is 1.12. The fourth-order valence-corrected chi connectivity index (χ4v) is 3.60. The molecule has 3 aromatic rings. The Morgan fingerprint density at radius 3 is 2.73 bits per heavy atom. The predicted octanol–water partition coefficient (Wildman–Crippen LogP) is 3.91. The van der Waals surface area contributed by atoms with Gasteiger partial charge in [-0.15, -0.1) is 0 Å². The molecule has 1 aliphatic rings. The summed E-state index contributed by atoms with van der Waals surface area (Å²) in [7, 11) is 0. The van der Waals surface area contributed by atoms with Crippen LogP contribution in [0.2, 0.25) is 0 Å². The van der Waals surface area contributed by atoms with Crippen molar-refractivity contribution in [3.05, 3.63) is 54.1 Å². The van der Waals surface area contributed by atoms with Crippen molar-refractivity contribution in [1.82, 2.24) is 15.0 Å². The van der Waals surface area contributed by atoms with Crippen molar-refractivity contribution in [2.24, 2.45) is 5.92 Å². The molecule has 1 aliphatic heterocycles. The van der Waals surface area contributed by atoms with E-state index in [1.165, 1.54) is 0 Å². The maximum absolute atomic E-state index is 12.8. The van der Waals surface area contributed by atoms with E-state index >= 15 is 0 Å². The number of rotatable bonds is 6. The van der Waals surface area contributed by atoms with Crippen LogP contribution in [0.15, 0.2) is 53.1 Å². The Kier molecular flexibility index (Phi) is 5.61. The molecule has 2 aromatic carbocycles. The second-order valence-electron chi connectivity index (χ2n) is 7.56. The Hall–Kier alpha value is -3.48. The zero-order chi connectivity index (χ0) is 21.1. The Balaban J connectivity index is 1.53. The van der Waals surface area contributed by atoms with Crippen LogP contribution < -0.4 is 5.32 Å². The quantitative estimate of drug-likeness (QED) is 0.673. The molecule has 2 heterocycles. The highest BCUT2D eigenvalue weighted by molar-refractivity contribution is 5.99. The summed E-state index contributed by atoms with van der Waals surface area (Å²) in [6, 6.07) is 15.2. The minimum absolute atomic E-state index is 0.0323. The molecule has 0 radical (unpaired) electrons. The molecule has 1 N–H and O–H groups in total. The summed E-state index contributed by atoms with van der Waals surface area (Å²) in [6.45, 7) is 5.18. The first-order chi connectivity index (χ1) is 14.5. The standard InChI is InChI=1S/C23H24N4O3/c1-3-12-27-14-17(13-20(27)28)22(29)24-19-7-5-4-6-18(19)23-25-21(26-30-23)16-10-8-15(2)9-11-16/h4-11,17H,3,12-14H2,1-2H3,(H,24,29)/t17-/m1/s1. The van der Waals surface area contributed by atoms with Gasteiger partial charge in [-0.05, 0) is 25.5 Å². The smallest absolute Gasteiger partial charge is 0.260 e. The number of hydrogen-bond donors (Lipinski definition) is 1. The number of anilines is 1. The average molecular weight is 404 g/mol. The first kappa shape index (κ1) is 19.8. The lowest BCUT2D eigenvalue weighted by atomic mass is 10.1. The van der Waals surface area contributed by atoms with Crippen molar-refractivity contribution < 1.29 is 14.1 Å². The summed E-state index contributed by atoms with van der Waals surface area (Å²) in [5, 5.41) is 7.03. The van der Waals surface area contributed by atoms with Gasteiger partial charge in [0.1, 0.15) is 0 Å². The number of hydrogen-bond acceptors (Lipinski definition) is 5. The fourth-order valence-electron chi connectivity index (χ4n) is 3.60. The van der Waals surface area contributed by atoms with Crippen LogP contribution in [0.5, 0.6) is 0 Å². The first-order valence-corrected chi connectivity index (χ1v) is 10.1. The van der Waals surface area contributed by atoms with Gasteiger partial charge in [-0.2, -0.15) is 4.98 Å². The molecule has 0 unspecified atom stereocenters. The van der Waals surface area contributed by atoms with Crippen LogP contribution in [0, 0.1) is 12.8 Å². The largest absolute Gasteiger partial charge is 0.342 e. The van der Waals surface area contributed by atoms with Gasteiger partial charge in [0.05, 0.1) is 17.2 Å². The van der Waals surface area contributed by atoms with E-state index in [2.05, 4.69) is 15.5 Å². The van der Waals surface area contributed by atoms with Crippen LogP contribution >= 0.6 is 0 Å². The number of aryl methyl sites for hydroxylation is 1. The van der Waals surface area contributed by atoms with Gasteiger partial charge in [0.25, 0.3) is 5.89 Å². The Labute approximate surface area is 175 Å². The van der Waals surface area contributed by atoms with Gasteiger partial charge < -0.3 is 14.7 Å². The number of aromatic nitrogens is 2. The Morgan fingerprint density at radius 2 is 1.97 bits per heavy atom. The number of benzene rings is 2. The van der Waals surface area contributed by atoms with Crippen molar-refractivity contribution in [2.45, 2.75) is 26.7 Å². The molecule has 1 atom stereocenters. The first-order valence-electron chi connectivity index (χ1n) is 10.1. The number of nitrogens with one attached hydrogen (secondary N) is 1. The fraction of sp³-hybridized carbons (Fsp3) is 0.304. The van der Waals surface area contributed by atoms with Crippen molar-refractivity contribution in [1.29, 1.82) is 0 Å². The predicted molar refractivity (Wildman–Crippen MR) is 114 cm³/mol. The van der Waals surface area contributed by atoms with E-state index in [0.717, 1.165) is 17.5 Å². The molecule has 2 amide bonds. The molecular formula is C23H24N4O3. The number of carbonyl (C=O) groups is 2. The number of nitrogens with zero attached hydrogens (tertiary/aromatic N) is 3. The third-order valence-electron chi connectivity index (χ3n) is 5.23. The topological polar surface area (TPSA) is 88.3 Å². The summed E-state index contributed by atoms with van der Waals surface area (Å²) < 4.78 is 5.47. The highest BCUT2D eigenvalue weighted by atomic mass is 16.5. The van der Waals surface area contributed by atoms with E-state index < -0.39 is 0 Å². The second kappa shape index (κ2) is 8.49. The van der Waals surface area contributed by atoms with E-state index in [4.69, 9.17) is 4.52 Å². The van der Waals surface area contributed by atoms with Crippen LogP contribution in [0.1, 0.15) is 25.3 Å². The van der Waals surface area contributed by atoms with Gasteiger partial charge in [0, 0.05) is 25.1 Å². The van der Waals surface area contributed by atoms with Gasteiger partial charge in [-0.3, -0.25) is 9.59 Å². The number of likely N-dealkylation sites (tertiary alicyclic amines) is 1. The lowest BCUT2D eigenvalue weighted by Gasteiger charge is -2.15. The maximum Gasteiger partial charge on any atom is 0.260 e. The molecule has 1 fully saturated rings. The summed E-state index contributed by atoms with van der Waals surface area (Å²) in [5.74, 6) is 0.319. The van der Waals surface area contributed by atoms with Crippen LogP contribution in [0.3, 0.4) is 0 Å². The van der Waals surface area contributed by atoms with Crippen molar-refractivity contribution in [3.8, 4) is 22.8 Å². The van der Waals surface area contributed by atoms with Crippen LogP contribution in [-0.4, -0.2) is 39.9 Å². The van der Waals surface area contributed by atoms with E-state index in [1.54, 1.807) is 11.0 Å². The van der Waals surface area contributed by atoms with Gasteiger partial charge >= 0.3 is 0 Å². The molecule has 0 saturated carbocycles. The molecule has 1 aromatic heterocycles. The number of amides is 2. The van der Waals surface area contributed by atoms with E-state index in [-0.39, 0.29) is 24.2 Å². The van der Waals surface area contributed by atoms with Crippen molar-refractivity contribution in [3.63, 3.8) is 0 Å². The van der Waals surface area contributed by atoms with Gasteiger partial charge in [-0.1, -0.05) is 54.0 Å². The monoisotopic (exact) mass is 404 g/mol. The molecule has 7 nitrogen and oxygen atoms in total. The van der Waals surface area contributed by atoms with E-state index in [0.29, 0.717) is 36.1 Å². The lowest BCUT2D eigenvalue weighted by molar-refractivity contribution is -0.128. The zero-order valence-corrected chi connectivity index (χ0v) is 17.1. The Morgan fingerprint density at radius 1 is 1.20 bits per heavy atom. The number of carbonyl (C=O) groups excluding carboxylic acids is 2. The highest BCUT2D eigenvalue weighted by Gasteiger charge is 2.34.